The van der Waals surface area contributed by atoms with E-state index in [2.05, 4.69) is 25.3 Å². The molecule has 5 rings (SSSR count). The number of anilines is 1. The van der Waals surface area contributed by atoms with Crippen LogP contribution in [0, 0.1) is 6.92 Å². The Morgan fingerprint density at radius 1 is 1.19 bits per heavy atom. The van der Waals surface area contributed by atoms with E-state index in [1.807, 2.05) is 36.7 Å². The Morgan fingerprint density at radius 3 is 2.89 bits per heavy atom. The molecule has 4 aromatic rings. The van der Waals surface area contributed by atoms with E-state index in [1.165, 1.54) is 0 Å². The van der Waals surface area contributed by atoms with Gasteiger partial charge in [0.05, 0.1) is 23.1 Å². The monoisotopic (exact) mass is 381 g/mol. The fourth-order valence-electron chi connectivity index (χ4n) is 3.28. The number of aryl methyl sites for hydroxylation is 2. The van der Waals surface area contributed by atoms with E-state index in [0.29, 0.717) is 11.7 Å². The zero-order valence-electron chi connectivity index (χ0n) is 15.1. The van der Waals surface area contributed by atoms with E-state index in [-0.39, 0.29) is 0 Å². The second kappa shape index (κ2) is 6.43. The van der Waals surface area contributed by atoms with E-state index < -0.39 is 0 Å². The normalized spacial score (nSPS) is 15.0. The average molecular weight is 381 g/mol. The Morgan fingerprint density at radius 2 is 2.04 bits per heavy atom. The molecule has 8 nitrogen and oxygen atoms in total. The van der Waals surface area contributed by atoms with Crippen LogP contribution in [0.15, 0.2) is 29.0 Å². The van der Waals surface area contributed by atoms with Crippen molar-refractivity contribution in [3.8, 4) is 22.2 Å². The molecular formula is C18H19N7OS. The van der Waals surface area contributed by atoms with E-state index in [4.69, 9.17) is 9.51 Å². The summed E-state index contributed by atoms with van der Waals surface area (Å²) in [5, 5.41) is 8.55. The SMILES string of the molecule is Cc1nc(N2CCNCC2)sc1-c1nc(-c2ccc3c(c2)ncn3C)no1. The Hall–Kier alpha value is -2.78. The molecule has 9 heteroatoms. The fourth-order valence-corrected chi connectivity index (χ4v) is 4.32. The van der Waals surface area contributed by atoms with Crippen molar-refractivity contribution in [2.45, 2.75) is 6.92 Å². The highest BCUT2D eigenvalue weighted by atomic mass is 32.1. The lowest BCUT2D eigenvalue weighted by molar-refractivity contribution is 0.433. The second-order valence-corrected chi connectivity index (χ2v) is 7.61. The van der Waals surface area contributed by atoms with Crippen LogP contribution in [0.5, 0.6) is 0 Å². The molecule has 0 saturated carbocycles. The second-order valence-electron chi connectivity index (χ2n) is 6.63. The minimum Gasteiger partial charge on any atom is -0.346 e. The summed E-state index contributed by atoms with van der Waals surface area (Å²) < 4.78 is 7.54. The maximum Gasteiger partial charge on any atom is 0.270 e. The highest BCUT2D eigenvalue weighted by Crippen LogP contribution is 2.34. The van der Waals surface area contributed by atoms with Crippen LogP contribution in [0.1, 0.15) is 5.69 Å². The average Bonchev–Trinajstić information content (AvgIpc) is 3.41. The molecule has 0 bridgehead atoms. The summed E-state index contributed by atoms with van der Waals surface area (Å²) >= 11 is 1.61. The number of imidazole rings is 1. The number of rotatable bonds is 3. The molecule has 0 unspecified atom stereocenters. The van der Waals surface area contributed by atoms with Crippen LogP contribution < -0.4 is 10.2 Å². The van der Waals surface area contributed by atoms with Gasteiger partial charge >= 0.3 is 0 Å². The van der Waals surface area contributed by atoms with Crippen molar-refractivity contribution in [3.63, 3.8) is 0 Å². The van der Waals surface area contributed by atoms with Gasteiger partial charge in [-0.25, -0.2) is 9.97 Å². The fraction of sp³-hybridized carbons (Fsp3) is 0.333. The van der Waals surface area contributed by atoms with Gasteiger partial charge in [0.1, 0.15) is 4.88 Å². The molecule has 3 aromatic heterocycles. The molecule has 0 amide bonds. The van der Waals surface area contributed by atoms with Crippen molar-refractivity contribution in [1.82, 2.24) is 30.0 Å². The van der Waals surface area contributed by atoms with Crippen LogP contribution in [0.4, 0.5) is 5.13 Å². The van der Waals surface area contributed by atoms with Gasteiger partial charge in [0.2, 0.25) is 5.82 Å². The maximum absolute atomic E-state index is 5.56. The quantitative estimate of drug-likeness (QED) is 0.583. The van der Waals surface area contributed by atoms with Crippen molar-refractivity contribution in [1.29, 1.82) is 0 Å². The minimum atomic E-state index is 0.516. The lowest BCUT2D eigenvalue weighted by Gasteiger charge is -2.26. The first-order valence-corrected chi connectivity index (χ1v) is 9.69. The number of nitrogens with one attached hydrogen (secondary N) is 1. The van der Waals surface area contributed by atoms with Crippen LogP contribution in [0.25, 0.3) is 33.2 Å². The number of aromatic nitrogens is 5. The molecule has 0 aliphatic carbocycles. The number of nitrogens with zero attached hydrogens (tertiary/aromatic N) is 6. The third kappa shape index (κ3) is 2.88. The Labute approximate surface area is 159 Å². The van der Waals surface area contributed by atoms with Gasteiger partial charge in [-0.05, 0) is 25.1 Å². The predicted octanol–water partition coefficient (Wildman–Crippen LogP) is 2.46. The molecule has 1 saturated heterocycles. The summed E-state index contributed by atoms with van der Waals surface area (Å²) in [7, 11) is 1.98. The number of hydrogen-bond donors (Lipinski definition) is 1. The molecule has 1 N–H and O–H groups in total. The maximum atomic E-state index is 5.56. The van der Waals surface area contributed by atoms with Crippen molar-refractivity contribution < 1.29 is 4.52 Å². The Balaban J connectivity index is 1.47. The summed E-state index contributed by atoms with van der Waals surface area (Å²) in [6.45, 7) is 5.88. The smallest absolute Gasteiger partial charge is 0.270 e. The number of benzene rings is 1. The van der Waals surface area contributed by atoms with Gasteiger partial charge in [-0.2, -0.15) is 4.98 Å². The van der Waals surface area contributed by atoms with Crippen molar-refractivity contribution in [3.05, 3.63) is 30.2 Å². The molecule has 1 fully saturated rings. The van der Waals surface area contributed by atoms with Crippen LogP contribution >= 0.6 is 11.3 Å². The van der Waals surface area contributed by atoms with E-state index in [1.54, 1.807) is 17.7 Å². The van der Waals surface area contributed by atoms with Crippen LogP contribution in [0.3, 0.4) is 0 Å². The number of thiazole rings is 1. The molecule has 27 heavy (non-hydrogen) atoms. The first-order valence-electron chi connectivity index (χ1n) is 8.88. The van der Waals surface area contributed by atoms with Gasteiger partial charge < -0.3 is 19.3 Å². The standard InChI is InChI=1S/C18H19N7OS/c1-11-15(27-18(21-11)25-7-5-19-6-8-25)17-22-16(23-26-17)12-3-4-14-13(9-12)20-10-24(14)2/h3-4,9-10,19H,5-8H2,1-2H3. The molecule has 4 heterocycles. The molecule has 1 aromatic carbocycles. The van der Waals surface area contributed by atoms with Gasteiger partial charge in [0.25, 0.3) is 5.89 Å². The Kier molecular flexibility index (Phi) is 3.91. The van der Waals surface area contributed by atoms with Gasteiger partial charge in [0, 0.05) is 38.8 Å². The van der Waals surface area contributed by atoms with E-state index in [9.17, 15) is 0 Å². The van der Waals surface area contributed by atoms with Crippen LogP contribution in [-0.2, 0) is 7.05 Å². The molecule has 1 aliphatic rings. The van der Waals surface area contributed by atoms with Crippen LogP contribution in [0.2, 0.25) is 0 Å². The summed E-state index contributed by atoms with van der Waals surface area (Å²) in [6.07, 6.45) is 1.80. The highest BCUT2D eigenvalue weighted by molar-refractivity contribution is 7.19. The third-order valence-corrected chi connectivity index (χ3v) is 5.98. The van der Waals surface area contributed by atoms with Gasteiger partial charge in [-0.1, -0.05) is 16.5 Å². The highest BCUT2D eigenvalue weighted by Gasteiger charge is 2.21. The number of hydrogen-bond acceptors (Lipinski definition) is 8. The number of piperazine rings is 1. The number of fused-ring (bicyclic) bond motifs is 1. The largest absolute Gasteiger partial charge is 0.346 e. The van der Waals surface area contributed by atoms with Crippen LogP contribution in [-0.4, -0.2) is 50.9 Å². The summed E-state index contributed by atoms with van der Waals surface area (Å²) in [4.78, 5) is 16.9. The lowest BCUT2D eigenvalue weighted by atomic mass is 10.2. The van der Waals surface area contributed by atoms with Gasteiger partial charge in [0.15, 0.2) is 5.13 Å². The first kappa shape index (κ1) is 16.4. The summed E-state index contributed by atoms with van der Waals surface area (Å²) in [6, 6.07) is 5.99. The van der Waals surface area contributed by atoms with Gasteiger partial charge in [-0.3, -0.25) is 0 Å². The topological polar surface area (TPSA) is 84.9 Å². The summed E-state index contributed by atoms with van der Waals surface area (Å²) in [5.74, 6) is 1.08. The zero-order chi connectivity index (χ0) is 18.4. The molecule has 0 atom stereocenters. The predicted molar refractivity (Wildman–Crippen MR) is 105 cm³/mol. The zero-order valence-corrected chi connectivity index (χ0v) is 16.0. The van der Waals surface area contributed by atoms with Gasteiger partial charge in [-0.15, -0.1) is 0 Å². The lowest BCUT2D eigenvalue weighted by Crippen LogP contribution is -2.43. The van der Waals surface area contributed by atoms with Crippen molar-refractivity contribution in [2.75, 3.05) is 31.1 Å². The van der Waals surface area contributed by atoms with Crippen molar-refractivity contribution >= 4 is 27.5 Å². The third-order valence-electron chi connectivity index (χ3n) is 4.78. The summed E-state index contributed by atoms with van der Waals surface area (Å²) in [5.41, 5.74) is 3.79. The Bertz CT molecular complexity index is 1110. The molecular weight excluding hydrogens is 362 g/mol. The minimum absolute atomic E-state index is 0.516. The first-order chi connectivity index (χ1) is 13.2. The van der Waals surface area contributed by atoms with Crippen molar-refractivity contribution in [2.24, 2.45) is 7.05 Å². The molecule has 138 valence electrons. The molecule has 0 spiro atoms. The molecule has 1 aliphatic heterocycles. The molecule has 0 radical (unpaired) electrons. The van der Waals surface area contributed by atoms with E-state index >= 15 is 0 Å². The van der Waals surface area contributed by atoms with E-state index in [0.717, 1.165) is 58.5 Å².